The number of phenols is 1. The van der Waals surface area contributed by atoms with Crippen LogP contribution in [0, 0.1) is 0 Å². The van der Waals surface area contributed by atoms with Crippen LogP contribution in [0.15, 0.2) is 36.4 Å². The lowest BCUT2D eigenvalue weighted by Crippen LogP contribution is -2.03. The highest BCUT2D eigenvalue weighted by Gasteiger charge is 2.11. The van der Waals surface area contributed by atoms with E-state index in [1.54, 1.807) is 0 Å². The number of phenolic OH excluding ortho intramolecular Hbond substituents is 1. The molecular weight excluding hydrogens is 246 g/mol. The summed E-state index contributed by atoms with van der Waals surface area (Å²) in [6.45, 7) is 0. The minimum absolute atomic E-state index is 0.504. The lowest BCUT2D eigenvalue weighted by atomic mass is 9.94. The van der Waals surface area contributed by atoms with Gasteiger partial charge in [-0.25, -0.2) is 0 Å². The summed E-state index contributed by atoms with van der Waals surface area (Å²) in [4.78, 5) is 0. The number of aromatic hydroxyl groups is 1. The summed E-state index contributed by atoms with van der Waals surface area (Å²) in [6, 6.07) is 12.5. The molecule has 0 aromatic heterocycles. The lowest BCUT2D eigenvalue weighted by molar-refractivity contribution is 0.459. The molecule has 4 bridgehead atoms. The summed E-state index contributed by atoms with van der Waals surface area (Å²) in [5.41, 5.74) is 11.9. The predicted molar refractivity (Wildman–Crippen MR) is 83.0 cm³/mol. The van der Waals surface area contributed by atoms with Crippen molar-refractivity contribution in [3.63, 3.8) is 0 Å². The molecule has 0 heterocycles. The third kappa shape index (κ3) is 2.51. The van der Waals surface area contributed by atoms with Crippen LogP contribution in [0.3, 0.4) is 0 Å². The van der Waals surface area contributed by atoms with E-state index >= 15 is 0 Å². The van der Waals surface area contributed by atoms with Crippen molar-refractivity contribution < 1.29 is 5.11 Å². The van der Waals surface area contributed by atoms with Crippen molar-refractivity contribution in [3.05, 3.63) is 58.7 Å². The molecule has 0 atom stereocenters. The number of hydrogen-bond donors (Lipinski definition) is 2. The highest BCUT2D eigenvalue weighted by molar-refractivity contribution is 5.54. The van der Waals surface area contributed by atoms with E-state index in [2.05, 4.69) is 24.3 Å². The average Bonchev–Trinajstić information content (AvgIpc) is 2.45. The molecule has 3 rings (SSSR count). The van der Waals surface area contributed by atoms with Gasteiger partial charge in [0.25, 0.3) is 0 Å². The van der Waals surface area contributed by atoms with Gasteiger partial charge in [-0.15, -0.1) is 0 Å². The molecule has 2 aromatic carbocycles. The summed E-state index contributed by atoms with van der Waals surface area (Å²) < 4.78 is 0. The van der Waals surface area contributed by atoms with Crippen LogP contribution in [0.2, 0.25) is 0 Å². The fourth-order valence-corrected chi connectivity index (χ4v) is 3.09. The summed E-state index contributed by atoms with van der Waals surface area (Å²) in [7, 11) is 0. The predicted octanol–water partition coefficient (Wildman–Crippen LogP) is 3.64. The molecule has 0 radical (unpaired) electrons. The number of nitrogens with two attached hydrogens (primary N) is 1. The van der Waals surface area contributed by atoms with E-state index in [0.29, 0.717) is 5.75 Å². The van der Waals surface area contributed by atoms with Crippen LogP contribution in [0.1, 0.15) is 35.1 Å². The zero-order chi connectivity index (χ0) is 13.9. The zero-order valence-electron chi connectivity index (χ0n) is 11.7. The van der Waals surface area contributed by atoms with Gasteiger partial charge in [-0.1, -0.05) is 36.4 Å². The van der Waals surface area contributed by atoms with Crippen molar-refractivity contribution in [2.75, 3.05) is 5.73 Å². The summed E-state index contributed by atoms with van der Waals surface area (Å²) in [6.07, 6.45) is 5.80. The molecule has 0 saturated carbocycles. The second-order valence-corrected chi connectivity index (χ2v) is 5.62. The van der Waals surface area contributed by atoms with Crippen LogP contribution in [-0.4, -0.2) is 5.11 Å². The number of hydrogen-bond acceptors (Lipinski definition) is 2. The molecule has 20 heavy (non-hydrogen) atoms. The van der Waals surface area contributed by atoms with Gasteiger partial charge in [0.05, 0.1) is 0 Å². The van der Waals surface area contributed by atoms with E-state index in [-0.39, 0.29) is 0 Å². The molecule has 2 nitrogen and oxygen atoms in total. The maximum atomic E-state index is 10.3. The first-order valence-electron chi connectivity index (χ1n) is 7.41. The Morgan fingerprint density at radius 2 is 1.10 bits per heavy atom. The van der Waals surface area contributed by atoms with E-state index in [4.69, 9.17) is 5.73 Å². The van der Waals surface area contributed by atoms with E-state index in [1.807, 2.05) is 12.1 Å². The van der Waals surface area contributed by atoms with Crippen molar-refractivity contribution in [1.82, 2.24) is 0 Å². The van der Waals surface area contributed by atoms with Gasteiger partial charge in [0.2, 0.25) is 0 Å². The Balaban J connectivity index is 1.93. The Labute approximate surface area is 120 Å². The van der Waals surface area contributed by atoms with Crippen molar-refractivity contribution in [3.8, 4) is 5.75 Å². The Kier molecular flexibility index (Phi) is 3.64. The molecule has 2 heteroatoms. The Morgan fingerprint density at radius 3 is 1.60 bits per heavy atom. The first-order chi connectivity index (χ1) is 9.75. The second kappa shape index (κ2) is 5.58. The molecule has 2 aromatic rings. The van der Waals surface area contributed by atoms with Crippen LogP contribution >= 0.6 is 0 Å². The zero-order valence-corrected chi connectivity index (χ0v) is 11.7. The molecular formula is C18H21NO. The number of nitrogen functional groups attached to an aromatic ring is 1. The maximum Gasteiger partial charge on any atom is 0.121 e. The minimum Gasteiger partial charge on any atom is -0.507 e. The highest BCUT2D eigenvalue weighted by Crippen LogP contribution is 2.28. The molecule has 0 fully saturated rings. The number of rotatable bonds is 0. The van der Waals surface area contributed by atoms with E-state index in [9.17, 15) is 5.11 Å². The van der Waals surface area contributed by atoms with Crippen LogP contribution < -0.4 is 5.73 Å². The van der Waals surface area contributed by atoms with Crippen LogP contribution in [0.4, 0.5) is 5.69 Å². The van der Waals surface area contributed by atoms with E-state index < -0.39 is 0 Å². The van der Waals surface area contributed by atoms with Gasteiger partial charge < -0.3 is 10.8 Å². The first kappa shape index (κ1) is 13.0. The summed E-state index contributed by atoms with van der Waals surface area (Å²) in [5, 5.41) is 10.3. The molecule has 0 spiro atoms. The quantitative estimate of drug-likeness (QED) is 0.716. The number of fused-ring (bicyclic) bond motifs is 4. The molecule has 0 aliphatic heterocycles. The first-order valence-corrected chi connectivity index (χ1v) is 7.41. The molecule has 3 N–H and O–H groups in total. The highest BCUT2D eigenvalue weighted by atomic mass is 16.3. The van der Waals surface area contributed by atoms with Gasteiger partial charge in [-0.2, -0.15) is 0 Å². The van der Waals surface area contributed by atoms with Crippen LogP contribution in [-0.2, 0) is 25.7 Å². The molecule has 1 aliphatic carbocycles. The number of aryl methyl sites for hydroxylation is 4. The topological polar surface area (TPSA) is 46.2 Å². The normalized spacial score (nSPS) is 15.2. The van der Waals surface area contributed by atoms with Crippen molar-refractivity contribution >= 4 is 5.69 Å². The van der Waals surface area contributed by atoms with Gasteiger partial charge in [-0.3, -0.25) is 0 Å². The SMILES string of the molecule is Nc1c2cccc1CCCc1cccc(c1O)CCC2. The Bertz CT molecular complexity index is 519. The van der Waals surface area contributed by atoms with Gasteiger partial charge in [-0.05, 0) is 60.8 Å². The number of para-hydroxylation sites is 2. The van der Waals surface area contributed by atoms with Crippen molar-refractivity contribution in [2.24, 2.45) is 0 Å². The van der Waals surface area contributed by atoms with Crippen LogP contribution in [0.5, 0.6) is 5.75 Å². The van der Waals surface area contributed by atoms with Gasteiger partial charge in [0.15, 0.2) is 0 Å². The van der Waals surface area contributed by atoms with Crippen molar-refractivity contribution in [1.29, 1.82) is 0 Å². The molecule has 0 amide bonds. The fraction of sp³-hybridized carbons (Fsp3) is 0.333. The van der Waals surface area contributed by atoms with E-state index in [0.717, 1.165) is 55.3 Å². The number of anilines is 1. The molecule has 0 saturated heterocycles. The molecule has 0 unspecified atom stereocenters. The Morgan fingerprint density at radius 1 is 0.700 bits per heavy atom. The minimum atomic E-state index is 0.504. The summed E-state index contributed by atoms with van der Waals surface area (Å²) >= 11 is 0. The largest absolute Gasteiger partial charge is 0.507 e. The monoisotopic (exact) mass is 267 g/mol. The van der Waals surface area contributed by atoms with Crippen molar-refractivity contribution in [2.45, 2.75) is 38.5 Å². The van der Waals surface area contributed by atoms with Gasteiger partial charge in [0, 0.05) is 5.69 Å². The number of benzene rings is 2. The standard InChI is InChI=1S/C18H21NO/c19-17-13-5-1-6-14(17)8-3-10-16-12-4-11-15(18(16)20)9-2-7-13/h1,4-6,11-12,20H,2-3,7-10,19H2. The maximum absolute atomic E-state index is 10.3. The Hall–Kier alpha value is -1.96. The smallest absolute Gasteiger partial charge is 0.121 e. The third-order valence-corrected chi connectivity index (χ3v) is 4.27. The van der Waals surface area contributed by atoms with Crippen LogP contribution in [0.25, 0.3) is 0 Å². The van der Waals surface area contributed by atoms with Gasteiger partial charge in [0.1, 0.15) is 5.75 Å². The van der Waals surface area contributed by atoms with E-state index in [1.165, 1.54) is 11.1 Å². The molecule has 104 valence electrons. The lowest BCUT2D eigenvalue weighted by Gasteiger charge is -2.15. The fourth-order valence-electron chi connectivity index (χ4n) is 3.09. The van der Waals surface area contributed by atoms with Gasteiger partial charge >= 0.3 is 0 Å². The second-order valence-electron chi connectivity index (χ2n) is 5.62. The summed E-state index contributed by atoms with van der Waals surface area (Å²) in [5.74, 6) is 0.504. The average molecular weight is 267 g/mol. The molecule has 1 aliphatic rings. The third-order valence-electron chi connectivity index (χ3n) is 4.27.